The van der Waals surface area contributed by atoms with Crippen molar-refractivity contribution in [1.82, 2.24) is 20.2 Å². The van der Waals surface area contributed by atoms with E-state index in [1.54, 1.807) is 11.9 Å². The van der Waals surface area contributed by atoms with Crippen molar-refractivity contribution in [2.45, 2.75) is 33.2 Å². The van der Waals surface area contributed by atoms with Crippen LogP contribution in [0.15, 0.2) is 36.5 Å². The van der Waals surface area contributed by atoms with Crippen LogP contribution < -0.4 is 16.0 Å². The van der Waals surface area contributed by atoms with Gasteiger partial charge in [0.2, 0.25) is 11.9 Å². The van der Waals surface area contributed by atoms with E-state index in [1.807, 2.05) is 51.2 Å². The normalized spacial score (nSPS) is 13.2. The first-order valence-corrected chi connectivity index (χ1v) is 11.4. The van der Waals surface area contributed by atoms with Crippen LogP contribution in [0.25, 0.3) is 0 Å². The minimum absolute atomic E-state index is 0.144. The molecule has 3 N–H and O–H groups in total. The van der Waals surface area contributed by atoms with Crippen LogP contribution >= 0.6 is 11.6 Å². The number of anilines is 4. The number of amides is 2. The third-order valence-electron chi connectivity index (χ3n) is 5.84. The second-order valence-electron chi connectivity index (χ2n) is 8.46. The van der Waals surface area contributed by atoms with Crippen molar-refractivity contribution in [3.63, 3.8) is 0 Å². The lowest BCUT2D eigenvalue weighted by atomic mass is 10.0. The number of hydrogen-bond donors (Lipinski definition) is 3. The lowest BCUT2D eigenvalue weighted by molar-refractivity contribution is -0.130. The fraction of sp³-hybridized carbons (Fsp3) is 0.280. The molecular weight excluding hydrogens is 452 g/mol. The van der Waals surface area contributed by atoms with E-state index in [0.29, 0.717) is 41.0 Å². The van der Waals surface area contributed by atoms with Gasteiger partial charge in [-0.2, -0.15) is 4.98 Å². The molecule has 0 fully saturated rings. The highest BCUT2D eigenvalue weighted by atomic mass is 35.5. The minimum Gasteiger partial charge on any atom is -0.355 e. The second kappa shape index (κ2) is 9.69. The van der Waals surface area contributed by atoms with Crippen LogP contribution in [0.5, 0.6) is 0 Å². The molecule has 1 aliphatic heterocycles. The number of nitrogens with zero attached hydrogens (tertiary/aromatic N) is 3. The van der Waals surface area contributed by atoms with E-state index < -0.39 is 0 Å². The van der Waals surface area contributed by atoms with Crippen molar-refractivity contribution < 1.29 is 9.59 Å². The van der Waals surface area contributed by atoms with Crippen LogP contribution in [-0.4, -0.2) is 40.8 Å². The predicted octanol–water partition coefficient (Wildman–Crippen LogP) is 4.50. The lowest BCUT2D eigenvalue weighted by Crippen LogP contribution is -2.24. The maximum absolute atomic E-state index is 12.5. The molecule has 1 aliphatic rings. The molecule has 2 heterocycles. The van der Waals surface area contributed by atoms with Gasteiger partial charge in [-0.25, -0.2) is 4.98 Å². The third-order valence-corrected chi connectivity index (χ3v) is 6.12. The Morgan fingerprint density at radius 1 is 1.09 bits per heavy atom. The highest BCUT2D eigenvalue weighted by molar-refractivity contribution is 6.33. The van der Waals surface area contributed by atoms with Gasteiger partial charge >= 0.3 is 0 Å². The summed E-state index contributed by atoms with van der Waals surface area (Å²) in [5, 5.41) is 9.44. The summed E-state index contributed by atoms with van der Waals surface area (Å²) in [6.07, 6.45) is 2.76. The topological polar surface area (TPSA) is 99.2 Å². The van der Waals surface area contributed by atoms with E-state index >= 15 is 0 Å². The van der Waals surface area contributed by atoms with Gasteiger partial charge in [0.25, 0.3) is 5.91 Å². The first-order valence-electron chi connectivity index (χ1n) is 11.0. The number of benzene rings is 2. The Morgan fingerprint density at radius 2 is 1.88 bits per heavy atom. The van der Waals surface area contributed by atoms with Gasteiger partial charge in [-0.05, 0) is 60.7 Å². The maximum Gasteiger partial charge on any atom is 0.253 e. The molecule has 9 heteroatoms. The Hall–Kier alpha value is -3.65. The number of halogens is 1. The average molecular weight is 479 g/mol. The molecule has 2 aromatic carbocycles. The van der Waals surface area contributed by atoms with Gasteiger partial charge in [0.1, 0.15) is 5.02 Å². The predicted molar refractivity (Wildman–Crippen MR) is 134 cm³/mol. The van der Waals surface area contributed by atoms with Crippen LogP contribution in [0.3, 0.4) is 0 Å². The summed E-state index contributed by atoms with van der Waals surface area (Å²) in [4.78, 5) is 35.1. The molecule has 1 aromatic heterocycles. The van der Waals surface area contributed by atoms with Crippen LogP contribution in [-0.2, 0) is 17.8 Å². The zero-order valence-electron chi connectivity index (χ0n) is 19.6. The number of carbonyl (C=O) groups excluding carboxylic acids is 2. The number of fused-ring (bicyclic) bond motifs is 1. The van der Waals surface area contributed by atoms with Crippen molar-refractivity contribution in [3.8, 4) is 0 Å². The monoisotopic (exact) mass is 478 g/mol. The molecule has 34 heavy (non-hydrogen) atoms. The zero-order valence-corrected chi connectivity index (χ0v) is 20.4. The summed E-state index contributed by atoms with van der Waals surface area (Å²) >= 11 is 6.39. The number of rotatable bonds is 5. The van der Waals surface area contributed by atoms with Gasteiger partial charge in [0.15, 0.2) is 5.82 Å². The Bertz CT molecular complexity index is 1280. The van der Waals surface area contributed by atoms with E-state index in [4.69, 9.17) is 11.6 Å². The standard InChI is InChI=1S/C25H27ClN6O2/c1-14-9-15(2)22(19(10-14)24(34)27-3)30-23-20(26)12-28-25(31-23)29-18-7-5-16-6-8-21(33)32(4)13-17(16)11-18/h5,7,9-12H,6,8,13H2,1-4H3,(H,27,34)(H2,28,29,30,31). The first-order chi connectivity index (χ1) is 16.2. The van der Waals surface area contributed by atoms with Gasteiger partial charge in [0, 0.05) is 32.7 Å². The minimum atomic E-state index is -0.203. The van der Waals surface area contributed by atoms with Crippen LogP contribution in [0.2, 0.25) is 5.02 Å². The second-order valence-corrected chi connectivity index (χ2v) is 8.86. The molecule has 0 saturated carbocycles. The summed E-state index contributed by atoms with van der Waals surface area (Å²) in [5.41, 5.74) is 6.09. The largest absolute Gasteiger partial charge is 0.355 e. The van der Waals surface area contributed by atoms with Gasteiger partial charge in [0.05, 0.1) is 17.4 Å². The molecule has 0 spiro atoms. The summed E-state index contributed by atoms with van der Waals surface area (Å²) in [6, 6.07) is 9.81. The smallest absolute Gasteiger partial charge is 0.253 e. The third kappa shape index (κ3) is 4.97. The highest BCUT2D eigenvalue weighted by Crippen LogP contribution is 2.30. The Morgan fingerprint density at radius 3 is 2.65 bits per heavy atom. The van der Waals surface area contributed by atoms with Crippen LogP contribution in [0.1, 0.15) is 39.0 Å². The van der Waals surface area contributed by atoms with Crippen molar-refractivity contribution >= 4 is 46.6 Å². The zero-order chi connectivity index (χ0) is 24.4. The summed E-state index contributed by atoms with van der Waals surface area (Å²) < 4.78 is 0. The number of aromatic nitrogens is 2. The van der Waals surface area contributed by atoms with Gasteiger partial charge in [-0.1, -0.05) is 23.7 Å². The molecule has 0 aliphatic carbocycles. The number of nitrogens with one attached hydrogen (secondary N) is 3. The molecule has 0 radical (unpaired) electrons. The van der Waals surface area contributed by atoms with E-state index in [9.17, 15) is 9.59 Å². The Kier molecular flexibility index (Phi) is 6.70. The SMILES string of the molecule is CNC(=O)c1cc(C)cc(C)c1Nc1nc(Nc2ccc3c(c2)CN(C)C(=O)CC3)ncc1Cl. The molecular formula is C25H27ClN6O2. The fourth-order valence-electron chi connectivity index (χ4n) is 4.08. The molecule has 176 valence electrons. The van der Waals surface area contributed by atoms with Crippen LogP contribution in [0, 0.1) is 13.8 Å². The molecule has 4 rings (SSSR count). The number of carbonyl (C=O) groups is 2. The molecule has 0 unspecified atom stereocenters. The maximum atomic E-state index is 12.5. The van der Waals surface area contributed by atoms with E-state index in [-0.39, 0.29) is 11.8 Å². The van der Waals surface area contributed by atoms with Crippen molar-refractivity contribution in [3.05, 3.63) is 69.4 Å². The lowest BCUT2D eigenvalue weighted by Gasteiger charge is -2.17. The van der Waals surface area contributed by atoms with Gasteiger partial charge < -0.3 is 20.9 Å². The Labute approximate surface area is 203 Å². The molecule has 0 saturated heterocycles. The quantitative estimate of drug-likeness (QED) is 0.499. The fourth-order valence-corrected chi connectivity index (χ4v) is 4.22. The number of aryl methyl sites for hydroxylation is 3. The van der Waals surface area contributed by atoms with Crippen molar-refractivity contribution in [2.75, 3.05) is 24.7 Å². The van der Waals surface area contributed by atoms with Gasteiger partial charge in [-0.3, -0.25) is 9.59 Å². The highest BCUT2D eigenvalue weighted by Gasteiger charge is 2.19. The first kappa shape index (κ1) is 23.5. The number of hydrogen-bond acceptors (Lipinski definition) is 6. The van der Waals surface area contributed by atoms with E-state index in [0.717, 1.165) is 28.8 Å². The molecule has 0 atom stereocenters. The summed E-state index contributed by atoms with van der Waals surface area (Å²) in [7, 11) is 3.41. The Balaban J connectivity index is 1.62. The van der Waals surface area contributed by atoms with E-state index in [1.165, 1.54) is 11.8 Å². The molecule has 8 nitrogen and oxygen atoms in total. The van der Waals surface area contributed by atoms with E-state index in [2.05, 4.69) is 25.9 Å². The van der Waals surface area contributed by atoms with Crippen molar-refractivity contribution in [1.29, 1.82) is 0 Å². The molecule has 2 amide bonds. The molecule has 3 aromatic rings. The van der Waals surface area contributed by atoms with Crippen molar-refractivity contribution in [2.24, 2.45) is 0 Å². The summed E-state index contributed by atoms with van der Waals surface area (Å²) in [5.74, 6) is 0.684. The molecule has 0 bridgehead atoms. The van der Waals surface area contributed by atoms with Crippen LogP contribution in [0.4, 0.5) is 23.1 Å². The average Bonchev–Trinajstić information content (AvgIpc) is 2.94. The van der Waals surface area contributed by atoms with Gasteiger partial charge in [-0.15, -0.1) is 0 Å². The summed E-state index contributed by atoms with van der Waals surface area (Å²) in [6.45, 7) is 4.43.